The first-order valence-corrected chi connectivity index (χ1v) is 5.88. The summed E-state index contributed by atoms with van der Waals surface area (Å²) in [5.74, 6) is 4.77. The Morgan fingerprint density at radius 3 is 3.15 bits per heavy atom. The minimum absolute atomic E-state index is 0.168. The average Bonchev–Trinajstić information content (AvgIpc) is 2.19. The van der Waals surface area contributed by atoms with E-state index in [1.54, 1.807) is 0 Å². The van der Waals surface area contributed by atoms with E-state index in [2.05, 4.69) is 5.92 Å². The van der Waals surface area contributed by atoms with E-state index in [0.29, 0.717) is 0 Å². The van der Waals surface area contributed by atoms with Crippen molar-refractivity contribution in [3.63, 3.8) is 0 Å². The van der Waals surface area contributed by atoms with Crippen LogP contribution in [0.15, 0.2) is 0 Å². The highest BCUT2D eigenvalue weighted by molar-refractivity contribution is 7.99. The van der Waals surface area contributed by atoms with E-state index in [1.165, 1.54) is 0 Å². The predicted octanol–water partition coefficient (Wildman–Crippen LogP) is 1.25. The lowest BCUT2D eigenvalue weighted by Gasteiger charge is -2.27. The molecule has 1 rings (SSSR count). The second-order valence-electron chi connectivity index (χ2n) is 3.24. The van der Waals surface area contributed by atoms with Gasteiger partial charge in [-0.05, 0) is 12.8 Å². The molecule has 0 radical (unpaired) electrons. The summed E-state index contributed by atoms with van der Waals surface area (Å²) in [5.41, 5.74) is 5.98. The van der Waals surface area contributed by atoms with Gasteiger partial charge in [-0.1, -0.05) is 0 Å². The van der Waals surface area contributed by atoms with E-state index >= 15 is 0 Å². The second kappa shape index (κ2) is 6.31. The lowest BCUT2D eigenvalue weighted by Crippen LogP contribution is -2.41. The van der Waals surface area contributed by atoms with Gasteiger partial charge in [0.25, 0.3) is 0 Å². The highest BCUT2D eigenvalue weighted by Gasteiger charge is 2.20. The molecule has 3 heteroatoms. The van der Waals surface area contributed by atoms with Gasteiger partial charge in [0.15, 0.2) is 0 Å². The standard InChI is InChI=1S/C10H17NOS/c1-2-3-4-5-9(11)10-8-13-7-6-12-10/h1,9-10H,3-8,11H2. The summed E-state index contributed by atoms with van der Waals surface area (Å²) in [6.07, 6.45) is 8.24. The van der Waals surface area contributed by atoms with Crippen molar-refractivity contribution in [3.05, 3.63) is 0 Å². The van der Waals surface area contributed by atoms with Gasteiger partial charge in [0, 0.05) is 24.0 Å². The smallest absolute Gasteiger partial charge is 0.0816 e. The Labute approximate surface area is 84.6 Å². The van der Waals surface area contributed by atoms with Crippen LogP contribution in [0.3, 0.4) is 0 Å². The molecule has 1 aliphatic rings. The van der Waals surface area contributed by atoms with Gasteiger partial charge in [-0.25, -0.2) is 0 Å². The van der Waals surface area contributed by atoms with Crippen LogP contribution < -0.4 is 5.73 Å². The number of terminal acetylenes is 1. The zero-order chi connectivity index (χ0) is 9.52. The first kappa shape index (κ1) is 10.9. The van der Waals surface area contributed by atoms with Crippen LogP contribution in [0.4, 0.5) is 0 Å². The third-order valence-electron chi connectivity index (χ3n) is 2.18. The molecule has 13 heavy (non-hydrogen) atoms. The summed E-state index contributed by atoms with van der Waals surface area (Å²) in [6.45, 7) is 0.845. The van der Waals surface area contributed by atoms with Crippen LogP contribution in [0, 0.1) is 12.3 Å². The lowest BCUT2D eigenvalue weighted by atomic mass is 10.1. The maximum Gasteiger partial charge on any atom is 0.0816 e. The van der Waals surface area contributed by atoms with Gasteiger partial charge in [0.2, 0.25) is 0 Å². The minimum Gasteiger partial charge on any atom is -0.375 e. The Kier molecular flexibility index (Phi) is 5.29. The maximum absolute atomic E-state index is 5.98. The minimum atomic E-state index is 0.168. The molecule has 1 aliphatic heterocycles. The van der Waals surface area contributed by atoms with Crippen molar-refractivity contribution in [2.75, 3.05) is 18.1 Å². The Balaban J connectivity index is 2.14. The van der Waals surface area contributed by atoms with Crippen molar-refractivity contribution in [1.82, 2.24) is 0 Å². The number of hydrogen-bond donors (Lipinski definition) is 1. The highest BCUT2D eigenvalue weighted by atomic mass is 32.2. The van der Waals surface area contributed by atoms with Crippen molar-refractivity contribution in [1.29, 1.82) is 0 Å². The van der Waals surface area contributed by atoms with E-state index < -0.39 is 0 Å². The highest BCUT2D eigenvalue weighted by Crippen LogP contribution is 2.16. The zero-order valence-electron chi connectivity index (χ0n) is 7.87. The molecular formula is C10H17NOS. The van der Waals surface area contributed by atoms with Gasteiger partial charge in [-0.15, -0.1) is 12.3 Å². The van der Waals surface area contributed by atoms with Crippen LogP contribution in [-0.2, 0) is 4.74 Å². The fourth-order valence-corrected chi connectivity index (χ4v) is 2.34. The van der Waals surface area contributed by atoms with Gasteiger partial charge in [-0.2, -0.15) is 11.8 Å². The number of nitrogens with two attached hydrogens (primary N) is 1. The molecule has 0 saturated carbocycles. The van der Waals surface area contributed by atoms with Crippen molar-refractivity contribution >= 4 is 11.8 Å². The Bertz CT molecular complexity index is 172. The van der Waals surface area contributed by atoms with E-state index in [1.807, 2.05) is 11.8 Å². The van der Waals surface area contributed by atoms with E-state index in [-0.39, 0.29) is 12.1 Å². The molecule has 2 atom stereocenters. The predicted molar refractivity (Wildman–Crippen MR) is 57.7 cm³/mol. The van der Waals surface area contributed by atoms with Crippen molar-refractivity contribution in [2.24, 2.45) is 5.73 Å². The number of ether oxygens (including phenoxy) is 1. The summed E-state index contributed by atoms with van der Waals surface area (Å²) >= 11 is 1.93. The Morgan fingerprint density at radius 1 is 1.69 bits per heavy atom. The molecule has 2 unspecified atom stereocenters. The van der Waals surface area contributed by atoms with Crippen molar-refractivity contribution in [2.45, 2.75) is 31.4 Å². The van der Waals surface area contributed by atoms with E-state index in [4.69, 9.17) is 16.9 Å². The van der Waals surface area contributed by atoms with Gasteiger partial charge in [0.1, 0.15) is 0 Å². The molecule has 0 bridgehead atoms. The van der Waals surface area contributed by atoms with Gasteiger partial charge in [0.05, 0.1) is 12.7 Å². The van der Waals surface area contributed by atoms with Crippen LogP contribution in [0.2, 0.25) is 0 Å². The zero-order valence-corrected chi connectivity index (χ0v) is 8.69. The van der Waals surface area contributed by atoms with Crippen LogP contribution in [0.5, 0.6) is 0 Å². The lowest BCUT2D eigenvalue weighted by molar-refractivity contribution is 0.0547. The van der Waals surface area contributed by atoms with E-state index in [0.717, 1.165) is 37.4 Å². The van der Waals surface area contributed by atoms with Crippen LogP contribution >= 0.6 is 11.8 Å². The summed E-state index contributed by atoms with van der Waals surface area (Å²) in [4.78, 5) is 0. The molecule has 2 N–H and O–H groups in total. The van der Waals surface area contributed by atoms with Crippen LogP contribution in [0.25, 0.3) is 0 Å². The summed E-state index contributed by atoms with van der Waals surface area (Å²) in [6, 6.07) is 0.168. The fourth-order valence-electron chi connectivity index (χ4n) is 1.38. The molecule has 1 fully saturated rings. The number of rotatable bonds is 4. The molecule has 0 aliphatic carbocycles. The van der Waals surface area contributed by atoms with Gasteiger partial charge >= 0.3 is 0 Å². The molecule has 1 heterocycles. The maximum atomic E-state index is 5.98. The summed E-state index contributed by atoms with van der Waals surface area (Å²) in [7, 11) is 0. The van der Waals surface area contributed by atoms with Crippen LogP contribution in [-0.4, -0.2) is 30.3 Å². The quantitative estimate of drug-likeness (QED) is 0.547. The molecular weight excluding hydrogens is 182 g/mol. The van der Waals surface area contributed by atoms with E-state index in [9.17, 15) is 0 Å². The Hall–Kier alpha value is -0.170. The molecule has 0 aromatic heterocycles. The molecule has 1 saturated heterocycles. The van der Waals surface area contributed by atoms with Gasteiger partial charge < -0.3 is 10.5 Å². The molecule has 74 valence electrons. The number of hydrogen-bond acceptors (Lipinski definition) is 3. The third kappa shape index (κ3) is 4.04. The Morgan fingerprint density at radius 2 is 2.54 bits per heavy atom. The average molecular weight is 199 g/mol. The van der Waals surface area contributed by atoms with Crippen molar-refractivity contribution < 1.29 is 4.74 Å². The second-order valence-corrected chi connectivity index (χ2v) is 4.39. The summed E-state index contributed by atoms with van der Waals surface area (Å²) in [5, 5.41) is 0. The topological polar surface area (TPSA) is 35.2 Å². The largest absolute Gasteiger partial charge is 0.375 e. The van der Waals surface area contributed by atoms with Crippen molar-refractivity contribution in [3.8, 4) is 12.3 Å². The van der Waals surface area contributed by atoms with Crippen LogP contribution in [0.1, 0.15) is 19.3 Å². The normalized spacial score (nSPS) is 25.1. The first-order chi connectivity index (χ1) is 6.34. The molecule has 0 amide bonds. The summed E-state index contributed by atoms with van der Waals surface area (Å²) < 4.78 is 5.57. The first-order valence-electron chi connectivity index (χ1n) is 4.73. The number of unbranched alkanes of at least 4 members (excludes halogenated alkanes) is 1. The SMILES string of the molecule is C#CCCCC(N)C1CSCCO1. The third-order valence-corrected chi connectivity index (χ3v) is 3.20. The molecule has 0 aromatic rings. The molecule has 0 aromatic carbocycles. The number of thioether (sulfide) groups is 1. The molecule has 2 nitrogen and oxygen atoms in total. The fraction of sp³-hybridized carbons (Fsp3) is 0.800. The molecule has 0 spiro atoms. The van der Waals surface area contributed by atoms with Gasteiger partial charge in [-0.3, -0.25) is 0 Å². The monoisotopic (exact) mass is 199 g/mol.